The van der Waals surface area contributed by atoms with Gasteiger partial charge in [-0.05, 0) is 55.3 Å². The summed E-state index contributed by atoms with van der Waals surface area (Å²) in [7, 11) is 0. The number of aromatic nitrogens is 1. The lowest BCUT2D eigenvalue weighted by Gasteiger charge is -2.27. The molecule has 1 aromatic heterocycles. The Labute approximate surface area is 238 Å². The van der Waals surface area contributed by atoms with E-state index in [4.69, 9.17) is 0 Å². The number of carbonyl (C=O) groups excluding carboxylic acids is 3. The second-order valence-corrected chi connectivity index (χ2v) is 9.63. The number of carboxylic acids is 1. The molecule has 3 aromatic rings. The lowest BCUT2D eigenvalue weighted by molar-refractivity contribution is -0.137. The second kappa shape index (κ2) is 13.9. The quantitative estimate of drug-likeness (QED) is 0.315. The normalized spacial score (nSPS) is 14.0. The van der Waals surface area contributed by atoms with E-state index in [1.807, 2.05) is 23.1 Å². The summed E-state index contributed by atoms with van der Waals surface area (Å²) in [5.41, 5.74) is 2.62. The SMILES string of the molecule is CCNC(=O)Nc1cc(C(=O)NC(CC(=O)O)c2cccnc2)ccc1N1CCCN(C(=O)c2ccccc2)CC1. The van der Waals surface area contributed by atoms with Crippen molar-refractivity contribution in [2.75, 3.05) is 42.9 Å². The van der Waals surface area contributed by atoms with Gasteiger partial charge in [-0.1, -0.05) is 24.3 Å². The molecule has 41 heavy (non-hydrogen) atoms. The molecule has 1 aliphatic rings. The Balaban J connectivity index is 1.55. The molecule has 4 rings (SSSR count). The van der Waals surface area contributed by atoms with E-state index in [1.54, 1.807) is 55.6 Å². The summed E-state index contributed by atoms with van der Waals surface area (Å²) < 4.78 is 0. The lowest BCUT2D eigenvalue weighted by atomic mass is 10.0. The molecule has 0 aliphatic carbocycles. The minimum atomic E-state index is -1.06. The average Bonchev–Trinajstić information content (AvgIpc) is 3.23. The molecule has 214 valence electrons. The van der Waals surface area contributed by atoms with Crippen molar-refractivity contribution in [2.24, 2.45) is 0 Å². The van der Waals surface area contributed by atoms with Crippen molar-refractivity contribution in [2.45, 2.75) is 25.8 Å². The topological polar surface area (TPSA) is 144 Å². The number of urea groups is 1. The van der Waals surface area contributed by atoms with E-state index in [1.165, 1.54) is 6.20 Å². The Morgan fingerprint density at radius 1 is 0.951 bits per heavy atom. The summed E-state index contributed by atoms with van der Waals surface area (Å²) in [6.45, 7) is 4.51. The maximum Gasteiger partial charge on any atom is 0.319 e. The van der Waals surface area contributed by atoms with Gasteiger partial charge in [0.1, 0.15) is 0 Å². The van der Waals surface area contributed by atoms with Crippen LogP contribution < -0.4 is 20.9 Å². The van der Waals surface area contributed by atoms with Gasteiger partial charge >= 0.3 is 12.0 Å². The molecule has 11 nitrogen and oxygen atoms in total. The predicted octanol–water partition coefficient (Wildman–Crippen LogP) is 3.52. The highest BCUT2D eigenvalue weighted by Crippen LogP contribution is 2.29. The molecule has 1 unspecified atom stereocenters. The first kappa shape index (κ1) is 29.1. The first-order chi connectivity index (χ1) is 19.9. The number of hydrogen-bond acceptors (Lipinski definition) is 6. The van der Waals surface area contributed by atoms with Crippen molar-refractivity contribution in [1.29, 1.82) is 0 Å². The van der Waals surface area contributed by atoms with Crippen molar-refractivity contribution in [3.8, 4) is 0 Å². The lowest BCUT2D eigenvalue weighted by Crippen LogP contribution is -2.36. The number of carboxylic acid groups (broad SMARTS) is 1. The number of aliphatic carboxylic acids is 1. The fraction of sp³-hybridized carbons (Fsp3) is 0.300. The first-order valence-corrected chi connectivity index (χ1v) is 13.6. The van der Waals surface area contributed by atoms with E-state index in [-0.39, 0.29) is 17.9 Å². The van der Waals surface area contributed by atoms with Crippen LogP contribution in [-0.2, 0) is 4.79 Å². The maximum absolute atomic E-state index is 13.3. The van der Waals surface area contributed by atoms with Crippen LogP contribution >= 0.6 is 0 Å². The molecule has 1 fully saturated rings. The van der Waals surface area contributed by atoms with Crippen LogP contribution in [0.2, 0.25) is 0 Å². The molecule has 2 heterocycles. The Bertz CT molecular complexity index is 1370. The molecule has 0 spiro atoms. The van der Waals surface area contributed by atoms with Crippen LogP contribution in [0.3, 0.4) is 0 Å². The number of anilines is 2. The van der Waals surface area contributed by atoms with E-state index in [0.29, 0.717) is 49.5 Å². The van der Waals surface area contributed by atoms with E-state index < -0.39 is 23.9 Å². The Morgan fingerprint density at radius 2 is 1.76 bits per heavy atom. The van der Waals surface area contributed by atoms with Crippen molar-refractivity contribution >= 4 is 35.2 Å². The first-order valence-electron chi connectivity index (χ1n) is 13.6. The van der Waals surface area contributed by atoms with E-state index in [0.717, 1.165) is 12.1 Å². The number of benzene rings is 2. The Hall–Kier alpha value is -4.93. The van der Waals surface area contributed by atoms with Crippen LogP contribution in [0.15, 0.2) is 73.1 Å². The summed E-state index contributed by atoms with van der Waals surface area (Å²) in [4.78, 5) is 58.2. The molecular weight excluding hydrogens is 524 g/mol. The number of nitrogens with zero attached hydrogens (tertiary/aromatic N) is 3. The van der Waals surface area contributed by atoms with Gasteiger partial charge in [0.25, 0.3) is 11.8 Å². The molecule has 1 aliphatic heterocycles. The zero-order valence-corrected chi connectivity index (χ0v) is 22.9. The van der Waals surface area contributed by atoms with Crippen LogP contribution in [0.4, 0.5) is 16.2 Å². The number of nitrogens with one attached hydrogen (secondary N) is 3. The third kappa shape index (κ3) is 7.81. The molecule has 0 radical (unpaired) electrons. The molecule has 4 N–H and O–H groups in total. The summed E-state index contributed by atoms with van der Waals surface area (Å²) in [5, 5.41) is 17.7. The third-order valence-corrected chi connectivity index (χ3v) is 6.76. The standard InChI is InChI=1S/C30H34N6O5/c1-2-32-30(41)34-25-18-22(28(39)33-24(19-27(37)38)23-10-6-13-31-20-23)11-12-26(25)35-14-7-15-36(17-16-35)29(40)21-8-4-3-5-9-21/h3-6,8-13,18,20,24H,2,7,14-17,19H2,1H3,(H,33,39)(H,37,38)(H2,32,34,41). The third-order valence-electron chi connectivity index (χ3n) is 6.76. The van der Waals surface area contributed by atoms with Gasteiger partial charge in [-0.15, -0.1) is 0 Å². The van der Waals surface area contributed by atoms with E-state index in [2.05, 4.69) is 25.8 Å². The summed E-state index contributed by atoms with van der Waals surface area (Å²) >= 11 is 0. The Morgan fingerprint density at radius 3 is 2.46 bits per heavy atom. The van der Waals surface area contributed by atoms with Crippen molar-refractivity contribution < 1.29 is 24.3 Å². The molecule has 1 saturated heterocycles. The molecule has 1 atom stereocenters. The van der Waals surface area contributed by atoms with Crippen molar-refractivity contribution in [1.82, 2.24) is 20.5 Å². The minimum absolute atomic E-state index is 0.0235. The minimum Gasteiger partial charge on any atom is -0.481 e. The van der Waals surface area contributed by atoms with Gasteiger partial charge in [0.2, 0.25) is 0 Å². The van der Waals surface area contributed by atoms with Crippen LogP contribution in [0.1, 0.15) is 52.1 Å². The number of hydrogen-bond donors (Lipinski definition) is 4. The highest BCUT2D eigenvalue weighted by Gasteiger charge is 2.24. The van der Waals surface area contributed by atoms with Gasteiger partial charge in [0.15, 0.2) is 0 Å². The van der Waals surface area contributed by atoms with Gasteiger partial charge < -0.3 is 30.9 Å². The molecular formula is C30H34N6O5. The van der Waals surface area contributed by atoms with Crippen LogP contribution in [0.5, 0.6) is 0 Å². The highest BCUT2D eigenvalue weighted by atomic mass is 16.4. The summed E-state index contributed by atoms with van der Waals surface area (Å²) in [6, 6.07) is 16.3. The highest BCUT2D eigenvalue weighted by molar-refractivity contribution is 6.00. The zero-order valence-electron chi connectivity index (χ0n) is 22.9. The fourth-order valence-corrected chi connectivity index (χ4v) is 4.76. The van der Waals surface area contributed by atoms with Gasteiger partial charge in [-0.3, -0.25) is 19.4 Å². The number of carbonyl (C=O) groups is 4. The predicted molar refractivity (Wildman–Crippen MR) is 155 cm³/mol. The average molecular weight is 559 g/mol. The van der Waals surface area contributed by atoms with E-state index >= 15 is 0 Å². The van der Waals surface area contributed by atoms with Gasteiger partial charge in [0.05, 0.1) is 23.8 Å². The summed E-state index contributed by atoms with van der Waals surface area (Å²) in [6.07, 6.45) is 3.50. The maximum atomic E-state index is 13.3. The largest absolute Gasteiger partial charge is 0.481 e. The molecule has 11 heteroatoms. The monoisotopic (exact) mass is 558 g/mol. The Kier molecular flexibility index (Phi) is 9.87. The molecule has 4 amide bonds. The smallest absolute Gasteiger partial charge is 0.319 e. The van der Waals surface area contributed by atoms with Crippen LogP contribution in [-0.4, -0.2) is 71.5 Å². The number of pyridine rings is 1. The van der Waals surface area contributed by atoms with Gasteiger partial charge in [-0.25, -0.2) is 4.79 Å². The summed E-state index contributed by atoms with van der Waals surface area (Å²) in [5.74, 6) is -1.57. The molecule has 0 bridgehead atoms. The van der Waals surface area contributed by atoms with Crippen LogP contribution in [0, 0.1) is 0 Å². The van der Waals surface area contributed by atoms with Gasteiger partial charge in [0, 0.05) is 56.2 Å². The second-order valence-electron chi connectivity index (χ2n) is 9.63. The number of amides is 4. The molecule has 0 saturated carbocycles. The van der Waals surface area contributed by atoms with Crippen LogP contribution in [0.25, 0.3) is 0 Å². The fourth-order valence-electron chi connectivity index (χ4n) is 4.76. The molecule has 2 aromatic carbocycles. The zero-order chi connectivity index (χ0) is 29.2. The van der Waals surface area contributed by atoms with Crippen molar-refractivity contribution in [3.05, 3.63) is 89.7 Å². The van der Waals surface area contributed by atoms with Crippen molar-refractivity contribution in [3.63, 3.8) is 0 Å². The van der Waals surface area contributed by atoms with E-state index in [9.17, 15) is 24.3 Å². The van der Waals surface area contributed by atoms with Gasteiger partial charge in [-0.2, -0.15) is 0 Å². The number of rotatable bonds is 9.